The highest BCUT2D eigenvalue weighted by atomic mass is 16.5. The Hall–Kier alpha value is -1.81. The second kappa shape index (κ2) is 6.06. The second-order valence-electron chi connectivity index (χ2n) is 3.84. The minimum atomic E-state index is -1.10. The zero-order valence-electron chi connectivity index (χ0n) is 9.72. The first kappa shape index (κ1) is 13.3. The van der Waals surface area contributed by atoms with Gasteiger partial charge >= 0.3 is 5.97 Å². The summed E-state index contributed by atoms with van der Waals surface area (Å²) in [5.74, 6) is -0.410. The average molecular weight is 236 g/mol. The minimum absolute atomic E-state index is 0.00120. The van der Waals surface area contributed by atoms with Crippen molar-refractivity contribution in [3.63, 3.8) is 0 Å². The van der Waals surface area contributed by atoms with Gasteiger partial charge in [0.2, 0.25) is 0 Å². The van der Waals surface area contributed by atoms with Crippen molar-refractivity contribution in [1.82, 2.24) is 0 Å². The summed E-state index contributed by atoms with van der Waals surface area (Å²) in [5, 5.41) is 18.2. The molecule has 1 aromatic carbocycles. The van der Waals surface area contributed by atoms with E-state index in [0.717, 1.165) is 5.56 Å². The molecular weight excluding hydrogens is 220 g/mol. The molecule has 1 atom stereocenters. The number of aliphatic carboxylic acids is 1. The van der Waals surface area contributed by atoms with Crippen LogP contribution in [0.5, 0.6) is 5.75 Å². The Bertz CT molecular complexity index is 412. The molecule has 1 unspecified atom stereocenters. The van der Waals surface area contributed by atoms with Gasteiger partial charge in [-0.2, -0.15) is 0 Å². The number of carbonyl (C=O) groups is 1. The molecule has 0 aliphatic heterocycles. The lowest BCUT2D eigenvalue weighted by Gasteiger charge is -2.13. The predicted octanol–water partition coefficient (Wildman–Crippen LogP) is 1.77. The SMILES string of the molecule is C=C(CC(O)COc1ccccc1C)C(=O)O. The number of benzene rings is 1. The molecule has 92 valence electrons. The van der Waals surface area contributed by atoms with Crippen molar-refractivity contribution in [3.05, 3.63) is 42.0 Å². The smallest absolute Gasteiger partial charge is 0.331 e. The largest absolute Gasteiger partial charge is 0.491 e. The van der Waals surface area contributed by atoms with Crippen LogP contribution in [0.3, 0.4) is 0 Å². The normalized spacial score (nSPS) is 11.9. The van der Waals surface area contributed by atoms with Crippen LogP contribution in [-0.2, 0) is 4.79 Å². The lowest BCUT2D eigenvalue weighted by atomic mass is 10.1. The Balaban J connectivity index is 2.43. The van der Waals surface area contributed by atoms with Crippen molar-refractivity contribution in [3.8, 4) is 5.75 Å². The van der Waals surface area contributed by atoms with Crippen LogP contribution in [0.15, 0.2) is 36.4 Å². The molecule has 0 aromatic heterocycles. The van der Waals surface area contributed by atoms with Crippen molar-refractivity contribution >= 4 is 5.97 Å². The highest BCUT2D eigenvalue weighted by molar-refractivity contribution is 5.85. The number of rotatable bonds is 6. The molecule has 4 heteroatoms. The summed E-state index contributed by atoms with van der Waals surface area (Å²) in [6.45, 7) is 5.31. The molecule has 0 saturated heterocycles. The maximum atomic E-state index is 10.5. The Morgan fingerprint density at radius 2 is 2.12 bits per heavy atom. The molecule has 1 aromatic rings. The van der Waals surface area contributed by atoms with Gasteiger partial charge in [-0.1, -0.05) is 24.8 Å². The summed E-state index contributed by atoms with van der Waals surface area (Å²) < 4.78 is 5.40. The van der Waals surface area contributed by atoms with Gasteiger partial charge < -0.3 is 14.9 Å². The number of carboxylic acid groups (broad SMARTS) is 1. The van der Waals surface area contributed by atoms with Crippen molar-refractivity contribution in [2.75, 3.05) is 6.61 Å². The number of hydrogen-bond donors (Lipinski definition) is 2. The van der Waals surface area contributed by atoms with Crippen LogP contribution in [0.25, 0.3) is 0 Å². The third kappa shape index (κ3) is 4.28. The topological polar surface area (TPSA) is 66.8 Å². The Morgan fingerprint density at radius 1 is 1.47 bits per heavy atom. The fraction of sp³-hybridized carbons (Fsp3) is 0.308. The average Bonchev–Trinajstić information content (AvgIpc) is 2.27. The summed E-state index contributed by atoms with van der Waals surface area (Å²) in [6, 6.07) is 7.43. The molecule has 1 rings (SSSR count). The molecule has 0 aliphatic carbocycles. The summed E-state index contributed by atoms with van der Waals surface area (Å²) >= 11 is 0. The van der Waals surface area contributed by atoms with E-state index in [0.29, 0.717) is 5.75 Å². The summed E-state index contributed by atoms with van der Waals surface area (Å²) in [4.78, 5) is 10.5. The van der Waals surface area contributed by atoms with Gasteiger partial charge in [-0.25, -0.2) is 4.79 Å². The van der Waals surface area contributed by atoms with Crippen LogP contribution in [0, 0.1) is 6.92 Å². The van der Waals surface area contributed by atoms with E-state index in [9.17, 15) is 9.90 Å². The predicted molar refractivity (Wildman–Crippen MR) is 64.1 cm³/mol. The number of aliphatic hydroxyl groups excluding tert-OH is 1. The monoisotopic (exact) mass is 236 g/mol. The summed E-state index contributed by atoms with van der Waals surface area (Å²) in [5.41, 5.74) is 0.947. The zero-order valence-corrected chi connectivity index (χ0v) is 9.72. The molecule has 0 fully saturated rings. The maximum Gasteiger partial charge on any atom is 0.331 e. The maximum absolute atomic E-state index is 10.5. The van der Waals surface area contributed by atoms with Gasteiger partial charge in [0.05, 0.1) is 6.10 Å². The fourth-order valence-corrected chi connectivity index (χ4v) is 1.34. The van der Waals surface area contributed by atoms with Crippen LogP contribution in [0.1, 0.15) is 12.0 Å². The molecule has 4 nitrogen and oxygen atoms in total. The van der Waals surface area contributed by atoms with Gasteiger partial charge in [0.1, 0.15) is 12.4 Å². The first-order valence-corrected chi connectivity index (χ1v) is 5.28. The molecule has 0 bridgehead atoms. The van der Waals surface area contributed by atoms with E-state index in [4.69, 9.17) is 9.84 Å². The Labute approximate surface area is 100 Å². The Morgan fingerprint density at radius 3 is 2.71 bits per heavy atom. The number of aryl methyl sites for hydroxylation is 1. The minimum Gasteiger partial charge on any atom is -0.491 e. The van der Waals surface area contributed by atoms with Crippen molar-refractivity contribution < 1.29 is 19.7 Å². The van der Waals surface area contributed by atoms with Crippen LogP contribution in [-0.4, -0.2) is 28.9 Å². The number of hydrogen-bond acceptors (Lipinski definition) is 3. The van der Waals surface area contributed by atoms with Gasteiger partial charge in [-0.15, -0.1) is 0 Å². The third-order valence-corrected chi connectivity index (χ3v) is 2.31. The van der Waals surface area contributed by atoms with Gasteiger partial charge in [-0.05, 0) is 18.6 Å². The number of para-hydroxylation sites is 1. The van der Waals surface area contributed by atoms with Gasteiger partial charge in [0.25, 0.3) is 0 Å². The lowest BCUT2D eigenvalue weighted by molar-refractivity contribution is -0.133. The quantitative estimate of drug-likeness (QED) is 0.739. The highest BCUT2D eigenvalue weighted by Gasteiger charge is 2.12. The highest BCUT2D eigenvalue weighted by Crippen LogP contribution is 2.16. The van der Waals surface area contributed by atoms with Crippen LogP contribution < -0.4 is 4.74 Å². The lowest BCUT2D eigenvalue weighted by Crippen LogP contribution is -2.20. The number of ether oxygens (including phenoxy) is 1. The zero-order chi connectivity index (χ0) is 12.8. The standard InChI is InChI=1S/C13H16O4/c1-9-5-3-4-6-12(9)17-8-11(14)7-10(2)13(15)16/h3-6,11,14H,2,7-8H2,1H3,(H,15,16). The molecule has 0 amide bonds. The van der Waals surface area contributed by atoms with E-state index in [2.05, 4.69) is 6.58 Å². The molecule has 0 aliphatic rings. The van der Waals surface area contributed by atoms with E-state index in [-0.39, 0.29) is 18.6 Å². The molecule has 0 saturated carbocycles. The van der Waals surface area contributed by atoms with Crippen LogP contribution >= 0.6 is 0 Å². The van der Waals surface area contributed by atoms with E-state index < -0.39 is 12.1 Å². The molecular formula is C13H16O4. The van der Waals surface area contributed by atoms with Gasteiger partial charge in [0.15, 0.2) is 0 Å². The van der Waals surface area contributed by atoms with Crippen molar-refractivity contribution in [2.45, 2.75) is 19.4 Å². The molecule has 2 N–H and O–H groups in total. The first-order chi connectivity index (χ1) is 8.00. The van der Waals surface area contributed by atoms with E-state index >= 15 is 0 Å². The Kier molecular flexibility index (Phi) is 4.72. The van der Waals surface area contributed by atoms with E-state index in [1.165, 1.54) is 0 Å². The van der Waals surface area contributed by atoms with Gasteiger partial charge in [0, 0.05) is 12.0 Å². The summed E-state index contributed by atoms with van der Waals surface area (Å²) in [6.07, 6.45) is -0.862. The van der Waals surface area contributed by atoms with Crippen molar-refractivity contribution in [2.24, 2.45) is 0 Å². The second-order valence-corrected chi connectivity index (χ2v) is 3.84. The third-order valence-electron chi connectivity index (χ3n) is 2.31. The van der Waals surface area contributed by atoms with Crippen molar-refractivity contribution in [1.29, 1.82) is 0 Å². The molecule has 0 spiro atoms. The molecule has 0 radical (unpaired) electrons. The molecule has 0 heterocycles. The molecule has 17 heavy (non-hydrogen) atoms. The summed E-state index contributed by atoms with van der Waals surface area (Å²) in [7, 11) is 0. The fourth-order valence-electron chi connectivity index (χ4n) is 1.34. The van der Waals surface area contributed by atoms with Crippen LogP contribution in [0.4, 0.5) is 0 Å². The van der Waals surface area contributed by atoms with E-state index in [1.54, 1.807) is 6.07 Å². The number of aliphatic hydroxyl groups is 1. The van der Waals surface area contributed by atoms with Gasteiger partial charge in [-0.3, -0.25) is 0 Å². The van der Waals surface area contributed by atoms with Crippen LogP contribution in [0.2, 0.25) is 0 Å². The van der Waals surface area contributed by atoms with E-state index in [1.807, 2.05) is 25.1 Å². The first-order valence-electron chi connectivity index (χ1n) is 5.28. The number of carboxylic acids is 1.